The average molecular weight is 2870 g/mol. The third-order valence-electron chi connectivity index (χ3n) is 14.3. The third-order valence-corrected chi connectivity index (χ3v) is 14.3. The van der Waals surface area contributed by atoms with Gasteiger partial charge in [0, 0.05) is 741 Å². The van der Waals surface area contributed by atoms with E-state index in [0.717, 1.165) is 51.0 Å². The minimum atomic E-state index is 0. The van der Waals surface area contributed by atoms with Crippen LogP contribution in [0.5, 0.6) is 0 Å². The Bertz CT molecular complexity index is 3780. The molecule has 0 aliphatic heterocycles. The summed E-state index contributed by atoms with van der Waals surface area (Å²) in [5.41, 5.74) is 19.7. The summed E-state index contributed by atoms with van der Waals surface area (Å²) in [5.74, 6) is 1.83. The Morgan fingerprint density at radius 1 is 0.258 bits per heavy atom. The fraction of sp³-hybridized carbons (Fsp3) is 0.106. The number of rotatable bonds is 8. The van der Waals surface area contributed by atoms with E-state index in [1.165, 1.54) is 77.3 Å². The molecule has 12 rings (SSSR count). The van der Waals surface area contributed by atoms with Gasteiger partial charge in [0.25, 0.3) is 0 Å². The number of nitrogens with zero attached hydrogens (tertiary/aromatic N) is 5. The minimum Gasteiger partial charge on any atom is -0.358 e. The van der Waals surface area contributed by atoms with Crippen LogP contribution in [0.25, 0.3) is 55.1 Å². The zero-order valence-electron chi connectivity index (χ0n) is 53.9. The first-order chi connectivity index (χ1) is 34.7. The number of para-hydroxylation sites is 8. The first kappa shape index (κ1) is 135. The maximum atomic E-state index is 5.38. The Kier molecular flexibility index (Phi) is 99.3. The van der Waals surface area contributed by atoms with Gasteiger partial charge in [-0.3, -0.25) is 4.57 Å². The van der Waals surface area contributed by atoms with Crippen LogP contribution in [0, 0.1) is 72.7 Å². The van der Waals surface area contributed by atoms with Gasteiger partial charge in [-0.05, 0) is 112 Å². The summed E-state index contributed by atoms with van der Waals surface area (Å²) in [6.45, 7) is 15.5. The summed E-state index contributed by atoms with van der Waals surface area (Å²) < 4.78 is 4.75. The van der Waals surface area contributed by atoms with Crippen molar-refractivity contribution in [1.82, 2.24) is 14.1 Å². The van der Waals surface area contributed by atoms with E-state index in [1.807, 2.05) is 60.7 Å². The Hall–Kier alpha value is 15.6. The van der Waals surface area contributed by atoms with Gasteiger partial charge in [0.05, 0.1) is 33.4 Å². The summed E-state index contributed by atoms with van der Waals surface area (Å²) >= 11 is 0. The van der Waals surface area contributed by atoms with E-state index in [1.54, 1.807) is 0 Å². The van der Waals surface area contributed by atoms with Crippen LogP contribution in [0.4, 0.5) is 34.3 Å². The van der Waals surface area contributed by atoms with Crippen molar-refractivity contribution in [3.63, 3.8) is 0 Å². The van der Waals surface area contributed by atoms with E-state index in [9.17, 15) is 0 Å². The molecule has 27 heteroatoms. The van der Waals surface area contributed by atoms with Crippen LogP contribution < -0.4 is 9.80 Å². The molecule has 412 valence electrons. The summed E-state index contributed by atoms with van der Waals surface area (Å²) in [6, 6.07) is 80.7. The van der Waals surface area contributed by atoms with E-state index in [2.05, 4.69) is 225 Å². The number of pyridine rings is 1. The Morgan fingerprint density at radius 3 is 0.828 bits per heavy atom. The Balaban J connectivity index is -0.000000114. The second-order valence-corrected chi connectivity index (χ2v) is 18.2. The van der Waals surface area contributed by atoms with Crippen LogP contribution in [0.1, 0.15) is 38.9 Å². The van der Waals surface area contributed by atoms with Crippen molar-refractivity contribution in [2.24, 2.45) is 0 Å². The van der Waals surface area contributed by atoms with E-state index < -0.39 is 0 Å². The molecule has 93 heavy (non-hydrogen) atoms. The molecule has 0 bridgehead atoms. The van der Waals surface area contributed by atoms with Gasteiger partial charge in [0.2, 0.25) is 0 Å². The van der Waals surface area contributed by atoms with Crippen LogP contribution in [0.15, 0.2) is 194 Å². The molecule has 3 aromatic heterocycles. The van der Waals surface area contributed by atoms with Gasteiger partial charge >= 0.3 is 0 Å². The van der Waals surface area contributed by atoms with Gasteiger partial charge in [0.1, 0.15) is 11.6 Å². The molecule has 0 N–H and O–H groups in total. The molecule has 9 aromatic carbocycles. The predicted molar refractivity (Wildman–Crippen MR) is 297 cm³/mol. The Labute approximate surface area is 1110 Å². The molecule has 0 aliphatic rings. The molecule has 0 aliphatic carbocycles. The first-order valence-electron chi connectivity index (χ1n) is 24.2. The van der Waals surface area contributed by atoms with Crippen LogP contribution >= 0.6 is 0 Å². The third kappa shape index (κ3) is 32.7. The standard InChI is InChI=1S/C34H28N2.C32H25N3.22Y/c1-23-24(2)33(35(27-15-7-5-8-16-27)28-17-9-6-10-18-28)26(4)34(25(23)3)36-31-21-13-11-19-29(31)30-20-12-14-22-32(30)36;1-22-23(2)31(34(25-14-6-4-7-15-25)26-16-8-5-9-17-26)33-32(24(22)3)35-29-20-12-10-18-27(29)28-19-11-13-21-30(28)35;;;;;;;;;;;;;;;;;;;;;;/h5-15,17,19-22H,1-4H3;4-14,16,18-21H,1-3H3;;;;;;;;;;;;;;;;;;;;;;/q2*-2;;;;;;;;;;;;;;;;;;;;;;. The fourth-order valence-corrected chi connectivity index (χ4v) is 10.4. The molecule has 0 fully saturated rings. The van der Waals surface area contributed by atoms with Crippen molar-refractivity contribution in [2.75, 3.05) is 9.80 Å². The van der Waals surface area contributed by atoms with Crippen molar-refractivity contribution in [3.05, 3.63) is 257 Å². The molecule has 5 nitrogen and oxygen atoms in total. The van der Waals surface area contributed by atoms with Crippen LogP contribution in [-0.2, 0) is 720 Å². The number of aromatic nitrogens is 3. The van der Waals surface area contributed by atoms with E-state index in [0.29, 0.717) is 0 Å². The topological polar surface area (TPSA) is 29.2 Å². The molecule has 0 unspecified atom stereocenters. The van der Waals surface area contributed by atoms with Gasteiger partial charge in [0.15, 0.2) is 0 Å². The molecule has 0 spiro atoms. The number of benzene rings is 9. The molecular weight excluding hydrogens is 2820 g/mol. The average Bonchev–Trinajstić information content (AvgIpc) is 3.99. The van der Waals surface area contributed by atoms with Crippen molar-refractivity contribution in [1.29, 1.82) is 0 Å². The maximum absolute atomic E-state index is 5.38. The van der Waals surface area contributed by atoms with E-state index >= 15 is 0 Å². The first-order valence-corrected chi connectivity index (χ1v) is 24.2. The normalized spacial score (nSPS) is 8.63. The smallest absolute Gasteiger partial charge is 0.143 e. The molecule has 0 amide bonds. The van der Waals surface area contributed by atoms with Crippen LogP contribution in [0.3, 0.4) is 0 Å². The second kappa shape index (κ2) is 68.5. The maximum Gasteiger partial charge on any atom is 0.143 e. The van der Waals surface area contributed by atoms with Gasteiger partial charge in [-0.25, -0.2) is 4.98 Å². The Morgan fingerprint density at radius 2 is 0.527 bits per heavy atom. The largest absolute Gasteiger partial charge is 0.358 e. The van der Waals surface area contributed by atoms with Gasteiger partial charge in [-0.1, -0.05) is 95.5 Å². The van der Waals surface area contributed by atoms with Gasteiger partial charge in [-0.15, -0.1) is 24.3 Å². The number of hydrogen-bond donors (Lipinski definition) is 0. The van der Waals surface area contributed by atoms with Crippen molar-refractivity contribution in [3.8, 4) is 11.5 Å². The monoisotopic (exact) mass is 2870 g/mol. The zero-order valence-corrected chi connectivity index (χ0v) is 116. The summed E-state index contributed by atoms with van der Waals surface area (Å²) in [4.78, 5) is 9.83. The molecule has 0 saturated heterocycles. The SMILES string of the molecule is Cc1c(C)c(N(c2[c-]cccc2)c2[c-]cccc2)c(C)c(-n2c3ccccc3c3ccccc32)c1C.Cc1c(N(c2[c-]cccc2)c2[c-]cccc2)nc(-n2c3ccccc3c3ccccc32)c(C)c1C.[Y].[Y].[Y].[Y].[Y].[Y].[Y].[Y].[Y].[Y].[Y].[Y].[Y].[Y].[Y].[Y].[Y].[Y].[Y].[Y].[Y].[Y]. The molecule has 12 aromatic rings. The van der Waals surface area contributed by atoms with E-state index in [4.69, 9.17) is 4.98 Å². The number of fused-ring (bicyclic) bond motifs is 6. The van der Waals surface area contributed by atoms with Crippen molar-refractivity contribution in [2.45, 2.75) is 48.5 Å². The number of anilines is 6. The molecular formula is C66H53N5Y22-4. The minimum absolute atomic E-state index is 0. The number of hydrogen-bond acceptors (Lipinski definition) is 3. The summed E-state index contributed by atoms with van der Waals surface area (Å²) in [7, 11) is 0. The molecule has 0 atom stereocenters. The molecule has 22 radical (unpaired) electrons. The summed E-state index contributed by atoms with van der Waals surface area (Å²) in [5, 5.41) is 5.01. The quantitative estimate of drug-likeness (QED) is 0.142. The molecule has 0 saturated carbocycles. The van der Waals surface area contributed by atoms with Crippen LogP contribution in [0.2, 0.25) is 0 Å². The predicted octanol–water partition coefficient (Wildman–Crippen LogP) is 17.2. The van der Waals surface area contributed by atoms with Gasteiger partial charge in [-0.2, -0.15) is 97.1 Å². The van der Waals surface area contributed by atoms with Gasteiger partial charge < -0.3 is 14.4 Å². The summed E-state index contributed by atoms with van der Waals surface area (Å²) in [6.07, 6.45) is 0. The van der Waals surface area contributed by atoms with Crippen molar-refractivity contribution < 1.29 is 720 Å². The molecule has 3 heterocycles. The second-order valence-electron chi connectivity index (χ2n) is 18.2. The fourth-order valence-electron chi connectivity index (χ4n) is 10.4. The van der Waals surface area contributed by atoms with E-state index in [-0.39, 0.29) is 720 Å². The van der Waals surface area contributed by atoms with Crippen molar-refractivity contribution >= 4 is 77.9 Å². The zero-order chi connectivity index (χ0) is 48.8. The van der Waals surface area contributed by atoms with Crippen LogP contribution in [-0.4, -0.2) is 14.1 Å².